The van der Waals surface area contributed by atoms with Crippen LogP contribution in [0, 0.1) is 5.92 Å². The minimum Gasteiger partial charge on any atom is -0.312 e. The summed E-state index contributed by atoms with van der Waals surface area (Å²) >= 11 is 1.91. The molecule has 2 nitrogen and oxygen atoms in total. The SMILES string of the molecule is CCC1CCCC(c2ncc(C(C)NC)s2)C1. The van der Waals surface area contributed by atoms with E-state index in [0.29, 0.717) is 6.04 Å². The summed E-state index contributed by atoms with van der Waals surface area (Å²) in [5, 5.41) is 4.66. The van der Waals surface area contributed by atoms with Crippen molar-refractivity contribution in [3.05, 3.63) is 16.1 Å². The molecule has 0 amide bonds. The molecule has 3 atom stereocenters. The summed E-state index contributed by atoms with van der Waals surface area (Å²) < 4.78 is 0. The van der Waals surface area contributed by atoms with Crippen LogP contribution < -0.4 is 5.32 Å². The topological polar surface area (TPSA) is 24.9 Å². The molecule has 2 rings (SSSR count). The second kappa shape index (κ2) is 5.96. The van der Waals surface area contributed by atoms with Crippen LogP contribution in [0.2, 0.25) is 0 Å². The molecule has 1 heterocycles. The van der Waals surface area contributed by atoms with Crippen LogP contribution in [-0.2, 0) is 0 Å². The van der Waals surface area contributed by atoms with Gasteiger partial charge in [0, 0.05) is 23.0 Å². The third-order valence-electron chi connectivity index (χ3n) is 4.11. The third-order valence-corrected chi connectivity index (χ3v) is 5.45. The molecule has 1 aromatic heterocycles. The molecule has 1 saturated carbocycles. The third kappa shape index (κ3) is 3.08. The molecule has 1 fully saturated rings. The van der Waals surface area contributed by atoms with Gasteiger partial charge in [0.25, 0.3) is 0 Å². The number of nitrogens with one attached hydrogen (secondary N) is 1. The summed E-state index contributed by atoms with van der Waals surface area (Å²) in [5.74, 6) is 1.67. The summed E-state index contributed by atoms with van der Waals surface area (Å²) in [4.78, 5) is 6.03. The molecule has 0 radical (unpaired) electrons. The van der Waals surface area contributed by atoms with E-state index in [9.17, 15) is 0 Å². The zero-order valence-corrected chi connectivity index (χ0v) is 12.0. The van der Waals surface area contributed by atoms with Gasteiger partial charge < -0.3 is 5.32 Å². The molecule has 0 aromatic carbocycles. The highest BCUT2D eigenvalue weighted by Gasteiger charge is 2.24. The quantitative estimate of drug-likeness (QED) is 0.872. The summed E-state index contributed by atoms with van der Waals surface area (Å²) in [7, 11) is 2.01. The largest absolute Gasteiger partial charge is 0.312 e. The minimum atomic E-state index is 0.437. The predicted molar refractivity (Wildman–Crippen MR) is 74.6 cm³/mol. The maximum absolute atomic E-state index is 4.66. The Morgan fingerprint density at radius 1 is 1.53 bits per heavy atom. The molecular formula is C14H24N2S. The van der Waals surface area contributed by atoms with Gasteiger partial charge in [-0.1, -0.05) is 26.2 Å². The predicted octanol–water partition coefficient (Wildman–Crippen LogP) is 4.11. The van der Waals surface area contributed by atoms with Crippen LogP contribution in [0.3, 0.4) is 0 Å². The van der Waals surface area contributed by atoms with Crippen molar-refractivity contribution >= 4 is 11.3 Å². The fourth-order valence-corrected chi connectivity index (χ4v) is 3.85. The highest BCUT2D eigenvalue weighted by Crippen LogP contribution is 2.39. The van der Waals surface area contributed by atoms with Gasteiger partial charge in [-0.3, -0.25) is 0 Å². The van der Waals surface area contributed by atoms with Gasteiger partial charge in [-0.25, -0.2) is 4.98 Å². The van der Waals surface area contributed by atoms with Crippen molar-refractivity contribution in [3.63, 3.8) is 0 Å². The Balaban J connectivity index is 2.04. The average molecular weight is 252 g/mol. The van der Waals surface area contributed by atoms with E-state index < -0.39 is 0 Å². The first-order valence-corrected chi connectivity index (χ1v) is 7.69. The van der Waals surface area contributed by atoms with E-state index in [1.54, 1.807) is 0 Å². The van der Waals surface area contributed by atoms with E-state index in [0.717, 1.165) is 11.8 Å². The van der Waals surface area contributed by atoms with Gasteiger partial charge in [0.15, 0.2) is 0 Å². The number of thiazole rings is 1. The van der Waals surface area contributed by atoms with Crippen LogP contribution in [0.15, 0.2) is 6.20 Å². The lowest BCUT2D eigenvalue weighted by Gasteiger charge is -2.26. The van der Waals surface area contributed by atoms with Crippen molar-refractivity contribution in [1.82, 2.24) is 10.3 Å². The van der Waals surface area contributed by atoms with Gasteiger partial charge in [0.2, 0.25) is 0 Å². The maximum Gasteiger partial charge on any atom is 0.0959 e. The standard InChI is InChI=1S/C14H24N2S/c1-4-11-6-5-7-12(8-11)14-16-9-13(17-14)10(2)15-3/h9-12,15H,4-8H2,1-3H3. The zero-order chi connectivity index (χ0) is 12.3. The normalized spacial score (nSPS) is 27.0. The van der Waals surface area contributed by atoms with Crippen LogP contribution in [0.25, 0.3) is 0 Å². The highest BCUT2D eigenvalue weighted by atomic mass is 32.1. The van der Waals surface area contributed by atoms with Gasteiger partial charge in [-0.15, -0.1) is 11.3 Å². The second-order valence-corrected chi connectivity index (χ2v) is 6.34. The van der Waals surface area contributed by atoms with Gasteiger partial charge in [-0.2, -0.15) is 0 Å². The van der Waals surface area contributed by atoms with Crippen molar-refractivity contribution < 1.29 is 0 Å². The first kappa shape index (κ1) is 13.0. The van der Waals surface area contributed by atoms with Gasteiger partial charge in [-0.05, 0) is 32.7 Å². The molecule has 0 saturated heterocycles. The van der Waals surface area contributed by atoms with E-state index in [1.165, 1.54) is 42.0 Å². The van der Waals surface area contributed by atoms with E-state index in [1.807, 2.05) is 18.4 Å². The number of nitrogens with zero attached hydrogens (tertiary/aromatic N) is 1. The van der Waals surface area contributed by atoms with Crippen molar-refractivity contribution in [1.29, 1.82) is 0 Å². The molecule has 1 aromatic rings. The van der Waals surface area contributed by atoms with E-state index >= 15 is 0 Å². The van der Waals surface area contributed by atoms with E-state index in [2.05, 4.69) is 30.3 Å². The molecule has 0 aliphatic heterocycles. The molecule has 0 bridgehead atoms. The average Bonchev–Trinajstić information content (AvgIpc) is 2.87. The summed E-state index contributed by atoms with van der Waals surface area (Å²) in [6, 6.07) is 0.437. The first-order valence-electron chi connectivity index (χ1n) is 6.87. The van der Waals surface area contributed by atoms with Crippen LogP contribution in [0.4, 0.5) is 0 Å². The lowest BCUT2D eigenvalue weighted by Crippen LogP contribution is -2.13. The maximum atomic E-state index is 4.66. The molecule has 3 unspecified atom stereocenters. The molecule has 0 spiro atoms. The smallest absolute Gasteiger partial charge is 0.0959 e. The Labute approximate surface area is 109 Å². The molecule has 1 aliphatic rings. The number of hydrogen-bond acceptors (Lipinski definition) is 3. The number of rotatable bonds is 4. The molecule has 1 N–H and O–H groups in total. The Bertz CT molecular complexity index is 348. The van der Waals surface area contributed by atoms with E-state index in [-0.39, 0.29) is 0 Å². The molecule has 1 aliphatic carbocycles. The summed E-state index contributed by atoms with van der Waals surface area (Å²) in [6.45, 7) is 4.52. The van der Waals surface area contributed by atoms with Crippen molar-refractivity contribution in [2.24, 2.45) is 5.92 Å². The van der Waals surface area contributed by atoms with Crippen LogP contribution in [0.5, 0.6) is 0 Å². The second-order valence-electron chi connectivity index (χ2n) is 5.25. The van der Waals surface area contributed by atoms with Crippen LogP contribution >= 0.6 is 11.3 Å². The van der Waals surface area contributed by atoms with Gasteiger partial charge >= 0.3 is 0 Å². The van der Waals surface area contributed by atoms with Crippen LogP contribution in [0.1, 0.15) is 67.8 Å². The van der Waals surface area contributed by atoms with E-state index in [4.69, 9.17) is 0 Å². The monoisotopic (exact) mass is 252 g/mol. The summed E-state index contributed by atoms with van der Waals surface area (Å²) in [6.07, 6.45) is 8.92. The molecule has 3 heteroatoms. The Morgan fingerprint density at radius 3 is 3.06 bits per heavy atom. The van der Waals surface area contributed by atoms with Crippen molar-refractivity contribution in [3.8, 4) is 0 Å². The summed E-state index contributed by atoms with van der Waals surface area (Å²) in [5.41, 5.74) is 0. The fourth-order valence-electron chi connectivity index (χ4n) is 2.72. The molecule has 17 heavy (non-hydrogen) atoms. The van der Waals surface area contributed by atoms with Crippen molar-refractivity contribution in [2.75, 3.05) is 7.05 Å². The Kier molecular flexibility index (Phi) is 4.57. The van der Waals surface area contributed by atoms with Crippen LogP contribution in [-0.4, -0.2) is 12.0 Å². The lowest BCUT2D eigenvalue weighted by molar-refractivity contribution is 0.314. The fraction of sp³-hybridized carbons (Fsp3) is 0.786. The lowest BCUT2D eigenvalue weighted by atomic mass is 9.80. The zero-order valence-electron chi connectivity index (χ0n) is 11.2. The number of hydrogen-bond donors (Lipinski definition) is 1. The highest BCUT2D eigenvalue weighted by molar-refractivity contribution is 7.11. The Morgan fingerprint density at radius 2 is 2.35 bits per heavy atom. The molecular weight excluding hydrogens is 228 g/mol. The van der Waals surface area contributed by atoms with Crippen molar-refractivity contribution in [2.45, 2.75) is 57.9 Å². The van der Waals surface area contributed by atoms with Gasteiger partial charge in [0.1, 0.15) is 0 Å². The Hall–Kier alpha value is -0.410. The number of aromatic nitrogens is 1. The molecule has 96 valence electrons. The minimum absolute atomic E-state index is 0.437. The van der Waals surface area contributed by atoms with Gasteiger partial charge in [0.05, 0.1) is 5.01 Å². The first-order chi connectivity index (χ1) is 8.24.